The van der Waals surface area contributed by atoms with Crippen LogP contribution in [0.2, 0.25) is 0 Å². The summed E-state index contributed by atoms with van der Waals surface area (Å²) in [6.07, 6.45) is -0.545. The second kappa shape index (κ2) is 2.89. The van der Waals surface area contributed by atoms with Gasteiger partial charge in [0.2, 0.25) is 0 Å². The van der Waals surface area contributed by atoms with E-state index in [4.69, 9.17) is 9.47 Å². The van der Waals surface area contributed by atoms with E-state index >= 15 is 0 Å². The Kier molecular flexibility index (Phi) is 2.26. The fourth-order valence-corrected chi connectivity index (χ4v) is 3.88. The van der Waals surface area contributed by atoms with Crippen LogP contribution in [0.4, 0.5) is 0 Å². The molecule has 0 aliphatic carbocycles. The Morgan fingerprint density at radius 2 is 1.29 bits per heavy atom. The van der Waals surface area contributed by atoms with Gasteiger partial charge in [-0.3, -0.25) is 0 Å². The van der Waals surface area contributed by atoms with E-state index in [-0.39, 0.29) is 11.0 Å². The SMILES string of the molecule is CC1(C)O[C@@]2(C)OC(C)(C)C(C)(C)[C@@]2(C)C1O. The molecule has 0 spiro atoms. The van der Waals surface area contributed by atoms with Crippen LogP contribution in [-0.4, -0.2) is 28.2 Å². The highest BCUT2D eigenvalue weighted by Gasteiger charge is 2.78. The third-order valence-electron chi connectivity index (χ3n) is 5.86. The molecule has 0 bridgehead atoms. The fraction of sp³-hybridized carbons (Fsp3) is 1.00. The van der Waals surface area contributed by atoms with Crippen molar-refractivity contribution in [1.29, 1.82) is 0 Å². The largest absolute Gasteiger partial charge is 0.389 e. The van der Waals surface area contributed by atoms with Gasteiger partial charge in [0.1, 0.15) is 0 Å². The highest BCUT2D eigenvalue weighted by atomic mass is 16.7. The molecule has 2 aliphatic heterocycles. The molecule has 2 heterocycles. The van der Waals surface area contributed by atoms with Crippen molar-refractivity contribution in [2.75, 3.05) is 0 Å². The average Bonchev–Trinajstić information content (AvgIpc) is 2.28. The van der Waals surface area contributed by atoms with Gasteiger partial charge in [-0.25, -0.2) is 0 Å². The first-order valence-corrected chi connectivity index (χ1v) is 6.40. The first kappa shape index (κ1) is 13.3. The second-order valence-electron chi connectivity index (χ2n) is 7.49. The normalized spacial score (nSPS) is 50.3. The molecular weight excluding hydrogens is 216 g/mol. The minimum absolute atomic E-state index is 0.179. The van der Waals surface area contributed by atoms with Crippen LogP contribution in [0.25, 0.3) is 0 Å². The zero-order chi connectivity index (χ0) is 13.5. The van der Waals surface area contributed by atoms with Crippen LogP contribution in [0.5, 0.6) is 0 Å². The number of hydrogen-bond donors (Lipinski definition) is 1. The maximum Gasteiger partial charge on any atom is 0.175 e. The minimum atomic E-state index is -0.733. The molecule has 0 aromatic heterocycles. The van der Waals surface area contributed by atoms with Gasteiger partial charge in [0.05, 0.1) is 22.7 Å². The molecule has 2 fully saturated rings. The Bertz CT molecular complexity index is 358. The van der Waals surface area contributed by atoms with Crippen molar-refractivity contribution in [3.8, 4) is 0 Å². The Labute approximate surface area is 104 Å². The first-order chi connectivity index (χ1) is 7.32. The van der Waals surface area contributed by atoms with Crippen molar-refractivity contribution in [3.05, 3.63) is 0 Å². The Balaban J connectivity index is 2.62. The maximum atomic E-state index is 10.7. The van der Waals surface area contributed by atoms with Gasteiger partial charge in [-0.15, -0.1) is 0 Å². The second-order valence-corrected chi connectivity index (χ2v) is 7.49. The van der Waals surface area contributed by atoms with Crippen LogP contribution in [0, 0.1) is 10.8 Å². The van der Waals surface area contributed by atoms with Crippen LogP contribution in [-0.2, 0) is 9.47 Å². The molecule has 100 valence electrons. The number of aliphatic hydroxyl groups excluding tert-OH is 1. The highest BCUT2D eigenvalue weighted by Crippen LogP contribution is 2.69. The van der Waals surface area contributed by atoms with Gasteiger partial charge >= 0.3 is 0 Å². The number of ether oxygens (including phenoxy) is 2. The van der Waals surface area contributed by atoms with E-state index in [0.717, 1.165) is 0 Å². The van der Waals surface area contributed by atoms with Crippen molar-refractivity contribution in [2.24, 2.45) is 10.8 Å². The van der Waals surface area contributed by atoms with Crippen molar-refractivity contribution in [2.45, 2.75) is 78.5 Å². The monoisotopic (exact) mass is 242 g/mol. The fourth-order valence-electron chi connectivity index (χ4n) is 3.88. The third-order valence-corrected chi connectivity index (χ3v) is 5.86. The van der Waals surface area contributed by atoms with E-state index in [1.165, 1.54) is 0 Å². The van der Waals surface area contributed by atoms with Crippen LogP contribution < -0.4 is 0 Å². The van der Waals surface area contributed by atoms with Gasteiger partial charge in [-0.05, 0) is 34.6 Å². The zero-order valence-corrected chi connectivity index (χ0v) is 12.3. The zero-order valence-electron chi connectivity index (χ0n) is 12.3. The first-order valence-electron chi connectivity index (χ1n) is 6.40. The summed E-state index contributed by atoms with van der Waals surface area (Å²) in [4.78, 5) is 0. The smallest absolute Gasteiger partial charge is 0.175 e. The molecule has 3 nitrogen and oxygen atoms in total. The highest BCUT2D eigenvalue weighted by molar-refractivity contribution is 5.21. The molecule has 2 aliphatic rings. The quantitative estimate of drug-likeness (QED) is 0.710. The molecule has 0 aromatic rings. The van der Waals surface area contributed by atoms with Crippen LogP contribution >= 0.6 is 0 Å². The molecule has 3 heteroatoms. The summed E-state index contributed by atoms with van der Waals surface area (Å²) in [5.74, 6) is -0.733. The van der Waals surface area contributed by atoms with Gasteiger partial charge in [-0.2, -0.15) is 0 Å². The van der Waals surface area contributed by atoms with Crippen molar-refractivity contribution in [3.63, 3.8) is 0 Å². The lowest BCUT2D eigenvalue weighted by atomic mass is 9.56. The number of hydrogen-bond acceptors (Lipinski definition) is 3. The van der Waals surface area contributed by atoms with Gasteiger partial charge in [0.15, 0.2) is 5.79 Å². The molecule has 0 saturated carbocycles. The summed E-state index contributed by atoms with van der Waals surface area (Å²) in [6, 6.07) is 0. The summed E-state index contributed by atoms with van der Waals surface area (Å²) >= 11 is 0. The lowest BCUT2D eigenvalue weighted by Crippen LogP contribution is -2.54. The van der Waals surface area contributed by atoms with E-state index in [2.05, 4.69) is 34.6 Å². The molecular formula is C14H26O3. The molecule has 17 heavy (non-hydrogen) atoms. The van der Waals surface area contributed by atoms with Crippen molar-refractivity contribution < 1.29 is 14.6 Å². The summed E-state index contributed by atoms with van der Waals surface area (Å²) in [7, 11) is 0. The minimum Gasteiger partial charge on any atom is -0.389 e. The Morgan fingerprint density at radius 3 is 1.71 bits per heavy atom. The topological polar surface area (TPSA) is 38.7 Å². The molecule has 0 aromatic carbocycles. The summed E-state index contributed by atoms with van der Waals surface area (Å²) in [5.41, 5.74) is -1.50. The molecule has 2 rings (SSSR count). The predicted octanol–water partition coefficient (Wildman–Crippen LogP) is 2.71. The number of fused-ring (bicyclic) bond motifs is 1. The Hall–Kier alpha value is -0.120. The molecule has 1 unspecified atom stereocenters. The van der Waals surface area contributed by atoms with Crippen molar-refractivity contribution >= 4 is 0 Å². The molecule has 0 radical (unpaired) electrons. The molecule has 2 saturated heterocycles. The lowest BCUT2D eigenvalue weighted by Gasteiger charge is -2.46. The standard InChI is InChI=1S/C14H26O3/c1-10(2)9(15)13(7)11(3,4)12(5,6)17-14(13,8)16-10/h9,15H,1-8H3/t9?,13-,14+/m1/s1. The van der Waals surface area contributed by atoms with Gasteiger partial charge in [-0.1, -0.05) is 20.8 Å². The number of rotatable bonds is 0. The lowest BCUT2D eigenvalue weighted by molar-refractivity contribution is -0.264. The third kappa shape index (κ3) is 1.18. The van der Waals surface area contributed by atoms with Crippen LogP contribution in [0.1, 0.15) is 55.4 Å². The van der Waals surface area contributed by atoms with Crippen LogP contribution in [0.15, 0.2) is 0 Å². The van der Waals surface area contributed by atoms with Gasteiger partial charge < -0.3 is 14.6 Å². The summed E-state index contributed by atoms with van der Waals surface area (Å²) < 4.78 is 12.3. The van der Waals surface area contributed by atoms with E-state index in [1.54, 1.807) is 0 Å². The van der Waals surface area contributed by atoms with E-state index in [9.17, 15) is 5.11 Å². The molecule has 0 amide bonds. The predicted molar refractivity (Wildman–Crippen MR) is 66.6 cm³/mol. The summed E-state index contributed by atoms with van der Waals surface area (Å²) in [5, 5.41) is 10.7. The van der Waals surface area contributed by atoms with Gasteiger partial charge in [0.25, 0.3) is 0 Å². The molecule has 1 N–H and O–H groups in total. The van der Waals surface area contributed by atoms with Crippen LogP contribution in [0.3, 0.4) is 0 Å². The maximum absolute atomic E-state index is 10.7. The van der Waals surface area contributed by atoms with Gasteiger partial charge in [0, 0.05) is 5.41 Å². The number of aliphatic hydroxyl groups is 1. The molecule has 3 atom stereocenters. The average molecular weight is 242 g/mol. The van der Waals surface area contributed by atoms with E-state index in [1.807, 2.05) is 20.8 Å². The summed E-state index contributed by atoms with van der Waals surface area (Å²) in [6.45, 7) is 16.4. The van der Waals surface area contributed by atoms with E-state index < -0.39 is 22.9 Å². The van der Waals surface area contributed by atoms with Crippen molar-refractivity contribution in [1.82, 2.24) is 0 Å². The van der Waals surface area contributed by atoms with E-state index in [0.29, 0.717) is 0 Å². The Morgan fingerprint density at radius 1 is 0.824 bits per heavy atom.